The molecule has 10 aromatic rings. The Kier molecular flexibility index (Phi) is 23.0. The fourth-order valence-electron chi connectivity index (χ4n) is 7.11. The summed E-state index contributed by atoms with van der Waals surface area (Å²) in [5.74, 6) is 0. The number of para-hydroxylation sites is 2. The predicted octanol–water partition coefficient (Wildman–Crippen LogP) is 6.16. The van der Waals surface area contributed by atoms with E-state index >= 15 is 0 Å². The van der Waals surface area contributed by atoms with Gasteiger partial charge in [0.1, 0.15) is 11.2 Å². The first-order valence-corrected chi connectivity index (χ1v) is 38.8. The van der Waals surface area contributed by atoms with Gasteiger partial charge in [-0.3, -0.25) is 9.97 Å². The molecule has 328 valence electrons. The van der Waals surface area contributed by atoms with Crippen LogP contribution in [0.15, 0.2) is 143 Å². The van der Waals surface area contributed by atoms with E-state index in [9.17, 15) is 0 Å². The van der Waals surface area contributed by atoms with Gasteiger partial charge in [0, 0.05) is 62.0 Å². The van der Waals surface area contributed by atoms with Crippen molar-refractivity contribution in [3.05, 3.63) is 172 Å². The van der Waals surface area contributed by atoms with Crippen LogP contribution in [0, 0.1) is 41.5 Å². The molecule has 1 atom stereocenters. The molecule has 6 aromatic heterocycles. The van der Waals surface area contributed by atoms with E-state index in [1.54, 1.807) is 18.3 Å². The number of fused-ring (bicyclic) bond motifs is 6. The van der Waals surface area contributed by atoms with Gasteiger partial charge >= 0.3 is 130 Å². The first-order valence-electron chi connectivity index (χ1n) is 21.3. The molecule has 0 spiro atoms. The SMILES string of the molecule is Cc1ccc(-c2cnc(-c3cccc4c3oc3nc(C)ccc34)cc2C)cc1.Cc1ccc(B(O)O)cc1.Cc1ccc2c(n1)oc1c(-c3cc(C)c(Cl)cn3)cccc12.O=[P+]([O-])O[O-].[K+].[K][K]. The first-order chi connectivity index (χ1) is 32.2. The van der Waals surface area contributed by atoms with E-state index in [0.717, 1.165) is 83.3 Å². The molecule has 0 aliphatic rings. The molecule has 0 radical (unpaired) electrons. The zero-order valence-electron chi connectivity index (χ0n) is 39.2. The number of halogens is 1. The van der Waals surface area contributed by atoms with E-state index in [2.05, 4.69) is 88.1 Å². The molecule has 2 N–H and O–H groups in total. The third-order valence-corrected chi connectivity index (χ3v) is 11.0. The van der Waals surface area contributed by atoms with Gasteiger partial charge in [-0.2, -0.15) is 0 Å². The van der Waals surface area contributed by atoms with Crippen LogP contribution < -0.4 is 67.0 Å². The molecule has 0 saturated carbocycles. The maximum atomic E-state index is 8.87. The van der Waals surface area contributed by atoms with Crippen LogP contribution in [0.2, 0.25) is 5.02 Å². The number of pyridine rings is 4. The summed E-state index contributed by atoms with van der Waals surface area (Å²) in [6, 6.07) is 40.1. The maximum absolute atomic E-state index is 8.87. The van der Waals surface area contributed by atoms with Gasteiger partial charge in [0.2, 0.25) is 11.4 Å². The predicted molar refractivity (Wildman–Crippen MR) is 265 cm³/mol. The summed E-state index contributed by atoms with van der Waals surface area (Å²) >= 11 is 8.57. The van der Waals surface area contributed by atoms with Gasteiger partial charge in [0.25, 0.3) is 0 Å². The van der Waals surface area contributed by atoms with E-state index in [1.807, 2.05) is 88.5 Å². The molecular formula is C50H42BClK3N4O8P. The minimum absolute atomic E-state index is 0. The second kappa shape index (κ2) is 27.3. The van der Waals surface area contributed by atoms with E-state index in [4.69, 9.17) is 50.2 Å². The second-order valence-corrected chi connectivity index (χ2v) is 16.3. The summed E-state index contributed by atoms with van der Waals surface area (Å²) in [5.41, 5.74) is 16.0. The molecule has 18 heteroatoms. The fourth-order valence-corrected chi connectivity index (χ4v) is 7.21. The third kappa shape index (κ3) is 14.7. The molecule has 0 amide bonds. The van der Waals surface area contributed by atoms with Crippen molar-refractivity contribution in [3.8, 4) is 33.6 Å². The first kappa shape index (κ1) is 57.1. The monoisotopic (exact) mass is 1020 g/mol. The van der Waals surface area contributed by atoms with Crippen LogP contribution in [-0.2, 0) is 9.24 Å². The number of rotatable bonds is 5. The molecule has 0 fully saturated rings. The Labute approximate surface area is 488 Å². The van der Waals surface area contributed by atoms with Gasteiger partial charge < -0.3 is 29.0 Å². The standard InChI is InChI=1S/C25H20N2O.C18H13ClN2O.C7H9BO2.3K.HO4P/c1-15-7-10-18(11-8-15)22-14-26-23(13-16(22)2)21-6-4-5-19-20-12-9-17(3)27-25(20)28-24(19)21;1-10-8-16(20-9-15(10)19)14-5-3-4-12-13-7-6-11(2)21-18(13)22-17(12)14;1-6-2-4-7(5-3-6)8(9)10;;;;1-4-5(2)3/h4-14H,1-3H3;3-9H,1-2H3;2-5,9-10H,1H3;;;;1H/q;;;;;+1;/p-1. The van der Waals surface area contributed by atoms with Gasteiger partial charge in [-0.25, -0.2) is 14.6 Å². The van der Waals surface area contributed by atoms with Gasteiger partial charge in [0.05, 0.1) is 16.4 Å². The Morgan fingerprint density at radius 2 is 1.06 bits per heavy atom. The molecule has 6 heterocycles. The molecular weight excluding hydrogens is 979 g/mol. The normalized spacial score (nSPS) is 10.7. The van der Waals surface area contributed by atoms with Crippen molar-refractivity contribution >= 4 is 140 Å². The van der Waals surface area contributed by atoms with E-state index < -0.39 is 15.4 Å². The fraction of sp³-hybridized carbons (Fsp3) is 0.120. The van der Waals surface area contributed by atoms with Crippen molar-refractivity contribution in [1.29, 1.82) is 0 Å². The zero-order valence-corrected chi connectivity index (χ0v) is 50.3. The number of hydrogen-bond donors (Lipinski definition) is 2. The van der Waals surface area contributed by atoms with Crippen LogP contribution in [0.4, 0.5) is 0 Å². The van der Waals surface area contributed by atoms with Gasteiger partial charge in [-0.1, -0.05) is 95.5 Å². The van der Waals surface area contributed by atoms with Crippen LogP contribution in [0.5, 0.6) is 0 Å². The second-order valence-electron chi connectivity index (χ2n) is 15.3. The molecule has 4 aromatic carbocycles. The van der Waals surface area contributed by atoms with Crippen molar-refractivity contribution in [2.24, 2.45) is 0 Å². The topological polar surface area (TPSA) is 191 Å². The number of benzene rings is 4. The Morgan fingerprint density at radius 3 is 1.49 bits per heavy atom. The van der Waals surface area contributed by atoms with Gasteiger partial charge in [0.15, 0.2) is 0 Å². The molecule has 0 bridgehead atoms. The van der Waals surface area contributed by atoms with Crippen molar-refractivity contribution in [2.45, 2.75) is 41.5 Å². The Balaban J connectivity index is 0.000000191. The molecule has 0 saturated heterocycles. The molecule has 12 nitrogen and oxygen atoms in total. The zero-order chi connectivity index (χ0) is 48.4. The minimum atomic E-state index is -3.15. The molecule has 10 rings (SSSR count). The van der Waals surface area contributed by atoms with Crippen LogP contribution in [-0.4, -0.2) is 100 Å². The van der Waals surface area contributed by atoms with E-state index in [0.29, 0.717) is 21.9 Å². The molecule has 0 aliphatic heterocycles. The van der Waals surface area contributed by atoms with Crippen molar-refractivity contribution in [1.82, 2.24) is 19.9 Å². The number of furan rings is 2. The van der Waals surface area contributed by atoms with Gasteiger partial charge in [-0.05, 0) is 117 Å². The number of aromatic nitrogens is 4. The molecule has 0 aliphatic carbocycles. The Hall–Kier alpha value is -1.76. The molecule has 68 heavy (non-hydrogen) atoms. The Morgan fingerprint density at radius 1 is 0.618 bits per heavy atom. The van der Waals surface area contributed by atoms with Crippen LogP contribution >= 0.6 is 19.9 Å². The summed E-state index contributed by atoms with van der Waals surface area (Å²) in [6.45, 7) is 12.1. The summed E-state index contributed by atoms with van der Waals surface area (Å²) in [5, 5.41) is 30.7. The van der Waals surface area contributed by atoms with Crippen molar-refractivity contribution in [3.63, 3.8) is 0 Å². The van der Waals surface area contributed by atoms with Crippen LogP contribution in [0.1, 0.15) is 33.6 Å². The average molecular weight is 1020 g/mol. The van der Waals surface area contributed by atoms with Crippen molar-refractivity contribution < 1.29 is 89.7 Å². The van der Waals surface area contributed by atoms with Crippen molar-refractivity contribution in [2.75, 3.05) is 0 Å². The summed E-state index contributed by atoms with van der Waals surface area (Å²) in [7, 11) is -4.50. The summed E-state index contributed by atoms with van der Waals surface area (Å²) in [4.78, 5) is 27.1. The Bertz CT molecular complexity index is 3320. The van der Waals surface area contributed by atoms with Gasteiger partial charge in [-0.15, -0.1) is 0 Å². The summed E-state index contributed by atoms with van der Waals surface area (Å²) < 4.78 is 23.5. The third-order valence-electron chi connectivity index (χ3n) is 10.5. The number of hydrogen-bond acceptors (Lipinski definition) is 12. The quantitative estimate of drug-likeness (QED) is 0.0866. The number of aryl methyl sites for hydroxylation is 6. The van der Waals surface area contributed by atoms with E-state index in [1.165, 1.54) is 79.8 Å². The summed E-state index contributed by atoms with van der Waals surface area (Å²) in [6.07, 6.45) is 3.63. The number of nitrogens with zero attached hydrogens (tertiary/aromatic N) is 4. The molecule has 1 unspecified atom stereocenters. The van der Waals surface area contributed by atoms with E-state index in [-0.39, 0.29) is 51.4 Å². The van der Waals surface area contributed by atoms with Crippen LogP contribution in [0.3, 0.4) is 0 Å². The average Bonchev–Trinajstić information content (AvgIpc) is 3.89. The van der Waals surface area contributed by atoms with Crippen LogP contribution in [0.25, 0.3) is 77.8 Å².